The van der Waals surface area contributed by atoms with E-state index in [9.17, 15) is 14.7 Å². The Bertz CT molecular complexity index is 693. The van der Waals surface area contributed by atoms with E-state index in [0.717, 1.165) is 35.1 Å². The lowest BCUT2D eigenvalue weighted by Crippen LogP contribution is -2.41. The number of rotatable bonds is 8. The van der Waals surface area contributed by atoms with E-state index in [1.165, 1.54) is 6.92 Å². The fraction of sp³-hybridized carbons (Fsp3) is 0.412. The first-order valence-electron chi connectivity index (χ1n) is 7.74. The fourth-order valence-electron chi connectivity index (χ4n) is 2.42. The quantitative estimate of drug-likeness (QED) is 0.652. The first-order valence-corrected chi connectivity index (χ1v) is 7.74. The number of carboxylic acids is 1. The number of ether oxygens (including phenoxy) is 1. The molecule has 0 radical (unpaired) electrons. The van der Waals surface area contributed by atoms with Gasteiger partial charge in [-0.1, -0.05) is 13.3 Å². The molecule has 1 atom stereocenters. The first kappa shape index (κ1) is 16.9. The molecule has 0 fully saturated rings. The van der Waals surface area contributed by atoms with Gasteiger partial charge in [0.15, 0.2) is 0 Å². The largest absolute Gasteiger partial charge is 0.494 e. The van der Waals surface area contributed by atoms with Gasteiger partial charge in [0.1, 0.15) is 11.8 Å². The van der Waals surface area contributed by atoms with Gasteiger partial charge in [0.05, 0.1) is 6.61 Å². The Balaban J connectivity index is 2.15. The molecule has 0 aliphatic carbocycles. The van der Waals surface area contributed by atoms with Crippen LogP contribution < -0.4 is 10.1 Å². The van der Waals surface area contributed by atoms with Crippen LogP contribution in [-0.4, -0.2) is 34.6 Å². The third kappa shape index (κ3) is 4.48. The molecule has 6 nitrogen and oxygen atoms in total. The fourth-order valence-corrected chi connectivity index (χ4v) is 2.42. The Hall–Kier alpha value is -2.50. The van der Waals surface area contributed by atoms with Crippen LogP contribution in [0.1, 0.15) is 32.3 Å². The Morgan fingerprint density at radius 2 is 2.17 bits per heavy atom. The second-order valence-corrected chi connectivity index (χ2v) is 5.52. The average molecular weight is 318 g/mol. The van der Waals surface area contributed by atoms with Crippen molar-refractivity contribution < 1.29 is 19.4 Å². The number of hydrogen-bond donors (Lipinski definition) is 3. The van der Waals surface area contributed by atoms with Crippen LogP contribution >= 0.6 is 0 Å². The number of hydrogen-bond acceptors (Lipinski definition) is 3. The van der Waals surface area contributed by atoms with Crippen LogP contribution in [0.3, 0.4) is 0 Å². The molecule has 6 heteroatoms. The van der Waals surface area contributed by atoms with Crippen LogP contribution in [-0.2, 0) is 16.0 Å². The lowest BCUT2D eigenvalue weighted by atomic mass is 10.0. The van der Waals surface area contributed by atoms with E-state index in [2.05, 4.69) is 17.2 Å². The predicted octanol–water partition coefficient (Wildman–Crippen LogP) is 2.48. The van der Waals surface area contributed by atoms with E-state index in [1.807, 2.05) is 18.2 Å². The normalized spacial score (nSPS) is 12.1. The van der Waals surface area contributed by atoms with Crippen LogP contribution in [0.5, 0.6) is 5.75 Å². The van der Waals surface area contributed by atoms with Gasteiger partial charge in [0, 0.05) is 36.5 Å². The van der Waals surface area contributed by atoms with Gasteiger partial charge in [-0.3, -0.25) is 4.79 Å². The third-order valence-corrected chi connectivity index (χ3v) is 3.61. The molecule has 1 aromatic heterocycles. The van der Waals surface area contributed by atoms with Crippen molar-refractivity contribution in [2.45, 2.75) is 39.2 Å². The number of aliphatic carboxylic acids is 1. The van der Waals surface area contributed by atoms with Crippen molar-refractivity contribution in [2.24, 2.45) is 0 Å². The maximum absolute atomic E-state index is 11.3. The average Bonchev–Trinajstić information content (AvgIpc) is 2.89. The van der Waals surface area contributed by atoms with Crippen LogP contribution in [0, 0.1) is 0 Å². The molecule has 2 rings (SSSR count). The highest BCUT2D eigenvalue weighted by atomic mass is 16.5. The SMILES string of the molecule is CCCCOc1ccc2c(CC(NC(C)=O)C(=O)O)c[nH]c2c1. The van der Waals surface area contributed by atoms with Crippen LogP contribution in [0.15, 0.2) is 24.4 Å². The predicted molar refractivity (Wildman–Crippen MR) is 87.6 cm³/mol. The number of aromatic nitrogens is 1. The maximum atomic E-state index is 11.3. The molecule has 124 valence electrons. The third-order valence-electron chi connectivity index (χ3n) is 3.61. The molecule has 23 heavy (non-hydrogen) atoms. The van der Waals surface area contributed by atoms with E-state index in [1.54, 1.807) is 6.20 Å². The number of amides is 1. The molecule has 1 amide bonds. The van der Waals surface area contributed by atoms with Crippen LogP contribution in [0.25, 0.3) is 10.9 Å². The number of benzene rings is 1. The van der Waals surface area contributed by atoms with Crippen molar-refractivity contribution in [1.29, 1.82) is 0 Å². The Labute approximate surface area is 134 Å². The van der Waals surface area contributed by atoms with Crippen molar-refractivity contribution in [2.75, 3.05) is 6.61 Å². The summed E-state index contributed by atoms with van der Waals surface area (Å²) in [5.74, 6) is -0.617. The molecule has 0 aliphatic heterocycles. The summed E-state index contributed by atoms with van der Waals surface area (Å²) < 4.78 is 5.66. The molecular formula is C17H22N2O4. The van der Waals surface area contributed by atoms with E-state index in [4.69, 9.17) is 4.74 Å². The molecule has 0 saturated carbocycles. The highest BCUT2D eigenvalue weighted by Crippen LogP contribution is 2.24. The lowest BCUT2D eigenvalue weighted by Gasteiger charge is -2.12. The van der Waals surface area contributed by atoms with Gasteiger partial charge in [0.2, 0.25) is 5.91 Å². The van der Waals surface area contributed by atoms with Crippen molar-refractivity contribution in [1.82, 2.24) is 10.3 Å². The number of nitrogens with one attached hydrogen (secondary N) is 2. The summed E-state index contributed by atoms with van der Waals surface area (Å²) in [7, 11) is 0. The van der Waals surface area contributed by atoms with E-state index in [0.29, 0.717) is 6.61 Å². The summed E-state index contributed by atoms with van der Waals surface area (Å²) in [6.45, 7) is 4.10. The molecule has 0 bridgehead atoms. The second kappa shape index (κ2) is 7.67. The van der Waals surface area contributed by atoms with Gasteiger partial charge in [0.25, 0.3) is 0 Å². The minimum atomic E-state index is -1.05. The van der Waals surface area contributed by atoms with Crippen LogP contribution in [0.2, 0.25) is 0 Å². The number of carbonyl (C=O) groups excluding carboxylic acids is 1. The zero-order chi connectivity index (χ0) is 16.8. The number of unbranched alkanes of at least 4 members (excludes halogenated alkanes) is 1. The van der Waals surface area contributed by atoms with E-state index in [-0.39, 0.29) is 12.3 Å². The van der Waals surface area contributed by atoms with Gasteiger partial charge < -0.3 is 20.1 Å². The monoisotopic (exact) mass is 318 g/mol. The smallest absolute Gasteiger partial charge is 0.326 e. The summed E-state index contributed by atoms with van der Waals surface area (Å²) in [6, 6.07) is 4.76. The zero-order valence-corrected chi connectivity index (χ0v) is 13.4. The van der Waals surface area contributed by atoms with Gasteiger partial charge in [-0.15, -0.1) is 0 Å². The first-order chi connectivity index (χ1) is 11.0. The molecule has 0 spiro atoms. The molecule has 3 N–H and O–H groups in total. The van der Waals surface area contributed by atoms with Gasteiger partial charge >= 0.3 is 5.97 Å². The summed E-state index contributed by atoms with van der Waals surface area (Å²) in [5, 5.41) is 12.6. The Kier molecular flexibility index (Phi) is 5.62. The summed E-state index contributed by atoms with van der Waals surface area (Å²) in [4.78, 5) is 25.5. The highest BCUT2D eigenvalue weighted by molar-refractivity contribution is 5.87. The standard InChI is InChI=1S/C17H22N2O4/c1-3-4-7-23-13-5-6-14-12(10-18-15(14)9-13)8-16(17(21)22)19-11(2)20/h5-6,9-10,16,18H,3-4,7-8H2,1-2H3,(H,19,20)(H,21,22). The molecule has 0 saturated heterocycles. The Morgan fingerprint density at radius 3 is 2.83 bits per heavy atom. The molecule has 1 aromatic carbocycles. The molecule has 2 aromatic rings. The van der Waals surface area contributed by atoms with Gasteiger partial charge in [-0.2, -0.15) is 0 Å². The van der Waals surface area contributed by atoms with E-state index >= 15 is 0 Å². The highest BCUT2D eigenvalue weighted by Gasteiger charge is 2.20. The van der Waals surface area contributed by atoms with Crippen molar-refractivity contribution >= 4 is 22.8 Å². The number of carboxylic acid groups (broad SMARTS) is 1. The van der Waals surface area contributed by atoms with E-state index < -0.39 is 12.0 Å². The van der Waals surface area contributed by atoms with Gasteiger partial charge in [-0.05, 0) is 24.1 Å². The number of aromatic amines is 1. The minimum absolute atomic E-state index is 0.227. The van der Waals surface area contributed by atoms with Crippen LogP contribution in [0.4, 0.5) is 0 Å². The molecule has 0 aliphatic rings. The number of carbonyl (C=O) groups is 2. The maximum Gasteiger partial charge on any atom is 0.326 e. The summed E-state index contributed by atoms with van der Waals surface area (Å²) in [5.41, 5.74) is 1.74. The van der Waals surface area contributed by atoms with Crippen molar-refractivity contribution in [3.05, 3.63) is 30.0 Å². The molecule has 1 unspecified atom stereocenters. The topological polar surface area (TPSA) is 91.4 Å². The lowest BCUT2D eigenvalue weighted by molar-refractivity contribution is -0.141. The zero-order valence-electron chi connectivity index (χ0n) is 13.4. The minimum Gasteiger partial charge on any atom is -0.494 e. The van der Waals surface area contributed by atoms with Gasteiger partial charge in [-0.25, -0.2) is 4.79 Å². The van der Waals surface area contributed by atoms with Crippen molar-refractivity contribution in [3.63, 3.8) is 0 Å². The number of fused-ring (bicyclic) bond motifs is 1. The molecular weight excluding hydrogens is 296 g/mol. The summed E-state index contributed by atoms with van der Waals surface area (Å²) in [6.07, 6.45) is 4.09. The Morgan fingerprint density at radius 1 is 1.39 bits per heavy atom. The molecule has 1 heterocycles. The second-order valence-electron chi connectivity index (χ2n) is 5.52. The number of H-pyrrole nitrogens is 1. The van der Waals surface area contributed by atoms with Crippen molar-refractivity contribution in [3.8, 4) is 5.75 Å². The summed E-state index contributed by atoms with van der Waals surface area (Å²) >= 11 is 0.